The van der Waals surface area contributed by atoms with Gasteiger partial charge < -0.3 is 9.72 Å². The molecule has 0 radical (unpaired) electrons. The van der Waals surface area contributed by atoms with E-state index in [0.717, 1.165) is 22.5 Å². The molecule has 6 nitrogen and oxygen atoms in total. The van der Waals surface area contributed by atoms with Crippen LogP contribution in [0.15, 0.2) is 48.1 Å². The standard InChI is InChI=1S/C19H19ClN4O2S/c1-2-9-26-10-5-3-4-6-17-21-16(12-27-17)18(25)24-19-22-14-8-7-13(20)11-15(14)23-19/h2-4,7-9,11-12H,5-6,10H2,1H3,(H2,22,23,24,25)/b4-3+,9-2+. The number of amides is 1. The van der Waals surface area contributed by atoms with Gasteiger partial charge in [-0.25, -0.2) is 9.97 Å². The van der Waals surface area contributed by atoms with Crippen molar-refractivity contribution in [2.24, 2.45) is 0 Å². The van der Waals surface area contributed by atoms with Gasteiger partial charge in [0.2, 0.25) is 5.95 Å². The first-order valence-corrected chi connectivity index (χ1v) is 9.70. The quantitative estimate of drug-likeness (QED) is 0.317. The molecular formula is C19H19ClN4O2S. The lowest BCUT2D eigenvalue weighted by Gasteiger charge is -1.97. The number of hydrogen-bond acceptors (Lipinski definition) is 5. The lowest BCUT2D eigenvalue weighted by molar-refractivity contribution is 0.102. The third kappa shape index (κ3) is 5.42. The highest BCUT2D eigenvalue weighted by Crippen LogP contribution is 2.19. The summed E-state index contributed by atoms with van der Waals surface area (Å²) in [5, 5.41) is 5.96. The highest BCUT2D eigenvalue weighted by Gasteiger charge is 2.13. The van der Waals surface area contributed by atoms with Crippen molar-refractivity contribution in [2.45, 2.75) is 19.8 Å². The fraction of sp³-hybridized carbons (Fsp3) is 0.211. The van der Waals surface area contributed by atoms with Gasteiger partial charge in [-0.15, -0.1) is 11.3 Å². The normalized spacial score (nSPS) is 11.6. The summed E-state index contributed by atoms with van der Waals surface area (Å²) < 4.78 is 5.24. The molecule has 1 aromatic carbocycles. The second kappa shape index (κ2) is 9.34. The van der Waals surface area contributed by atoms with Crippen molar-refractivity contribution >= 4 is 45.8 Å². The molecule has 3 aromatic rings. The van der Waals surface area contributed by atoms with Gasteiger partial charge >= 0.3 is 0 Å². The van der Waals surface area contributed by atoms with E-state index in [9.17, 15) is 4.79 Å². The van der Waals surface area contributed by atoms with Crippen LogP contribution in [0.5, 0.6) is 0 Å². The lowest BCUT2D eigenvalue weighted by atomic mass is 10.3. The predicted octanol–water partition coefficient (Wildman–Crippen LogP) is 4.96. The molecule has 0 unspecified atom stereocenters. The molecule has 3 rings (SSSR count). The van der Waals surface area contributed by atoms with E-state index in [1.165, 1.54) is 11.3 Å². The summed E-state index contributed by atoms with van der Waals surface area (Å²) in [6, 6.07) is 5.31. The molecule has 0 aliphatic rings. The number of aromatic nitrogens is 3. The monoisotopic (exact) mass is 402 g/mol. The van der Waals surface area contributed by atoms with Gasteiger partial charge in [-0.2, -0.15) is 0 Å². The summed E-state index contributed by atoms with van der Waals surface area (Å²) in [7, 11) is 0. The lowest BCUT2D eigenvalue weighted by Crippen LogP contribution is -2.13. The van der Waals surface area contributed by atoms with Gasteiger partial charge in [0.1, 0.15) is 5.69 Å². The number of imidazole rings is 1. The average molecular weight is 403 g/mol. The number of ether oxygens (including phenoxy) is 1. The van der Waals surface area contributed by atoms with Crippen LogP contribution in [0.25, 0.3) is 11.0 Å². The number of rotatable bonds is 8. The third-order valence-corrected chi connectivity index (χ3v) is 4.66. The van der Waals surface area contributed by atoms with Gasteiger partial charge in [-0.1, -0.05) is 29.8 Å². The maximum absolute atomic E-state index is 12.4. The molecule has 0 atom stereocenters. The van der Waals surface area contributed by atoms with E-state index in [0.29, 0.717) is 29.7 Å². The van der Waals surface area contributed by atoms with E-state index in [2.05, 4.69) is 20.3 Å². The van der Waals surface area contributed by atoms with Crippen LogP contribution in [0.4, 0.5) is 5.95 Å². The Labute approximate surface area is 165 Å². The maximum atomic E-state index is 12.4. The van der Waals surface area contributed by atoms with Crippen molar-refractivity contribution in [1.29, 1.82) is 0 Å². The number of aromatic amines is 1. The van der Waals surface area contributed by atoms with Crippen molar-refractivity contribution in [3.8, 4) is 0 Å². The van der Waals surface area contributed by atoms with Crippen LogP contribution < -0.4 is 5.32 Å². The molecule has 0 bridgehead atoms. The molecule has 1 amide bonds. The third-order valence-electron chi connectivity index (χ3n) is 3.55. The van der Waals surface area contributed by atoms with Gasteiger partial charge in [-0.3, -0.25) is 10.1 Å². The summed E-state index contributed by atoms with van der Waals surface area (Å²) in [5.41, 5.74) is 1.87. The van der Waals surface area contributed by atoms with Crippen LogP contribution in [0.3, 0.4) is 0 Å². The van der Waals surface area contributed by atoms with E-state index >= 15 is 0 Å². The SMILES string of the molecule is C/C=C/OCC/C=C/Cc1nc(C(=O)Nc2nc3ccc(Cl)cc3[nH]2)cs1. The fourth-order valence-corrected chi connectivity index (χ4v) is 3.25. The number of carbonyl (C=O) groups excluding carboxylic acids is 1. The summed E-state index contributed by atoms with van der Waals surface area (Å²) in [4.78, 5) is 24.1. The van der Waals surface area contributed by atoms with Gasteiger partial charge in [0, 0.05) is 16.8 Å². The van der Waals surface area contributed by atoms with Crippen LogP contribution in [0.2, 0.25) is 5.02 Å². The second-order valence-corrected chi connectivity index (χ2v) is 7.01. The molecule has 0 saturated carbocycles. The second-order valence-electron chi connectivity index (χ2n) is 5.63. The van der Waals surface area contributed by atoms with Crippen LogP contribution >= 0.6 is 22.9 Å². The van der Waals surface area contributed by atoms with Gasteiger partial charge in [0.05, 0.1) is 28.9 Å². The van der Waals surface area contributed by atoms with Gasteiger partial charge in [0.15, 0.2) is 0 Å². The zero-order valence-electron chi connectivity index (χ0n) is 14.7. The Kier molecular flexibility index (Phi) is 6.62. The Morgan fingerprint density at radius 2 is 2.26 bits per heavy atom. The number of nitrogens with zero attached hydrogens (tertiary/aromatic N) is 2. The Morgan fingerprint density at radius 1 is 1.37 bits per heavy atom. The first-order chi connectivity index (χ1) is 13.2. The smallest absolute Gasteiger partial charge is 0.277 e. The number of nitrogens with one attached hydrogen (secondary N) is 2. The molecular weight excluding hydrogens is 384 g/mol. The zero-order valence-corrected chi connectivity index (χ0v) is 16.3. The number of allylic oxidation sites excluding steroid dienone is 2. The molecule has 27 heavy (non-hydrogen) atoms. The number of benzene rings is 1. The first kappa shape index (κ1) is 19.1. The average Bonchev–Trinajstić information content (AvgIpc) is 3.27. The van der Waals surface area contributed by atoms with Crippen LogP contribution in [0.1, 0.15) is 28.8 Å². The maximum Gasteiger partial charge on any atom is 0.277 e. The molecule has 2 heterocycles. The minimum Gasteiger partial charge on any atom is -0.501 e. The number of H-pyrrole nitrogens is 1. The number of hydrogen-bond donors (Lipinski definition) is 2. The highest BCUT2D eigenvalue weighted by atomic mass is 35.5. The van der Waals surface area contributed by atoms with Crippen molar-refractivity contribution in [3.05, 3.63) is 63.8 Å². The van der Waals surface area contributed by atoms with Gasteiger partial charge in [0.25, 0.3) is 5.91 Å². The molecule has 8 heteroatoms. The summed E-state index contributed by atoms with van der Waals surface area (Å²) >= 11 is 7.41. The highest BCUT2D eigenvalue weighted by molar-refractivity contribution is 7.09. The summed E-state index contributed by atoms with van der Waals surface area (Å²) in [6.07, 6.45) is 9.12. The molecule has 2 aromatic heterocycles. The fourth-order valence-electron chi connectivity index (χ4n) is 2.32. The van der Waals surface area contributed by atoms with Crippen LogP contribution in [-0.2, 0) is 11.2 Å². The summed E-state index contributed by atoms with van der Waals surface area (Å²) in [6.45, 7) is 2.56. The number of fused-ring (bicyclic) bond motifs is 1. The first-order valence-electron chi connectivity index (χ1n) is 8.44. The largest absolute Gasteiger partial charge is 0.501 e. The van der Waals surface area contributed by atoms with Crippen molar-refractivity contribution in [2.75, 3.05) is 11.9 Å². The Hall–Kier alpha value is -2.64. The molecule has 0 saturated heterocycles. The molecule has 0 aliphatic carbocycles. The van der Waals surface area contributed by atoms with E-state index < -0.39 is 0 Å². The number of halogens is 1. The number of anilines is 1. The molecule has 0 spiro atoms. The molecule has 140 valence electrons. The topological polar surface area (TPSA) is 79.9 Å². The van der Waals surface area contributed by atoms with Crippen molar-refractivity contribution in [3.63, 3.8) is 0 Å². The van der Waals surface area contributed by atoms with Gasteiger partial charge in [-0.05, 0) is 31.5 Å². The molecule has 0 fully saturated rings. The number of thiazole rings is 1. The molecule has 0 aliphatic heterocycles. The van der Waals surface area contributed by atoms with E-state index in [-0.39, 0.29) is 5.91 Å². The Morgan fingerprint density at radius 3 is 3.11 bits per heavy atom. The van der Waals surface area contributed by atoms with Crippen molar-refractivity contribution < 1.29 is 9.53 Å². The number of carbonyl (C=O) groups is 1. The Balaban J connectivity index is 1.53. The van der Waals surface area contributed by atoms with E-state index in [4.69, 9.17) is 16.3 Å². The minimum atomic E-state index is -0.300. The van der Waals surface area contributed by atoms with Crippen molar-refractivity contribution in [1.82, 2.24) is 15.0 Å². The van der Waals surface area contributed by atoms with Crippen LogP contribution in [-0.4, -0.2) is 27.5 Å². The molecule has 2 N–H and O–H groups in total. The van der Waals surface area contributed by atoms with Crippen LogP contribution in [0, 0.1) is 0 Å². The predicted molar refractivity (Wildman–Crippen MR) is 109 cm³/mol. The zero-order chi connectivity index (χ0) is 19.1. The van der Waals surface area contributed by atoms with E-state index in [1.54, 1.807) is 29.8 Å². The van der Waals surface area contributed by atoms with E-state index in [1.807, 2.05) is 25.2 Å². The Bertz CT molecular complexity index is 977. The summed E-state index contributed by atoms with van der Waals surface area (Å²) in [5.74, 6) is 0.0687. The minimum absolute atomic E-state index is 0.300.